The summed E-state index contributed by atoms with van der Waals surface area (Å²) in [4.78, 5) is 15.9. The van der Waals surface area contributed by atoms with Crippen LogP contribution in [0.1, 0.15) is 21.4 Å². The summed E-state index contributed by atoms with van der Waals surface area (Å²) in [5.74, 6) is -0.484. The number of benzene rings is 1. The Hall–Kier alpha value is -2.51. The molecular weight excluding hydrogens is 351 g/mol. The number of hydrogen-bond donors (Lipinski definition) is 1. The number of amides is 1. The third-order valence-electron chi connectivity index (χ3n) is 4.20. The number of aryl methyl sites for hydroxylation is 1. The molecule has 0 fully saturated rings. The average molecular weight is 372 g/mol. The molecule has 5 nitrogen and oxygen atoms in total. The van der Waals surface area contributed by atoms with E-state index in [1.807, 2.05) is 25.5 Å². The zero-order chi connectivity index (χ0) is 18.7. The summed E-state index contributed by atoms with van der Waals surface area (Å²) in [7, 11) is 5.71. The Morgan fingerprint density at radius 2 is 2.04 bits per heavy atom. The summed E-state index contributed by atoms with van der Waals surface area (Å²) in [6.45, 7) is 0.503. The Morgan fingerprint density at radius 3 is 2.65 bits per heavy atom. The van der Waals surface area contributed by atoms with E-state index < -0.39 is 0 Å². The van der Waals surface area contributed by atoms with Gasteiger partial charge in [0.05, 0.1) is 11.7 Å². The second kappa shape index (κ2) is 7.80. The Morgan fingerprint density at radius 1 is 1.31 bits per heavy atom. The molecule has 2 heterocycles. The highest BCUT2D eigenvalue weighted by Gasteiger charge is 2.19. The minimum Gasteiger partial charge on any atom is -0.349 e. The Kier molecular flexibility index (Phi) is 5.49. The quantitative estimate of drug-likeness (QED) is 0.722. The molecule has 0 radical (unpaired) electrons. The molecule has 2 aromatic heterocycles. The lowest BCUT2D eigenvalue weighted by Gasteiger charge is -2.23. The molecular formula is C19H21FN4OS. The lowest BCUT2D eigenvalue weighted by molar-refractivity contribution is 0.0933. The van der Waals surface area contributed by atoms with Crippen molar-refractivity contribution in [3.05, 3.63) is 64.2 Å². The fourth-order valence-corrected chi connectivity index (χ4v) is 3.66. The average Bonchev–Trinajstić information content (AvgIpc) is 3.25. The predicted octanol–water partition coefficient (Wildman–Crippen LogP) is 3.32. The molecule has 0 unspecified atom stereocenters. The number of carbonyl (C=O) groups excluding carboxylic acids is 1. The van der Waals surface area contributed by atoms with E-state index in [0.717, 1.165) is 5.56 Å². The number of nitrogens with one attached hydrogen (secondary N) is 1. The third-order valence-corrected chi connectivity index (χ3v) is 5.18. The molecule has 0 saturated heterocycles. The molecule has 0 aliphatic carbocycles. The number of halogens is 1. The van der Waals surface area contributed by atoms with Crippen molar-refractivity contribution in [2.45, 2.75) is 6.04 Å². The number of rotatable bonds is 6. The number of hydrogen-bond acceptors (Lipinski definition) is 4. The maximum absolute atomic E-state index is 13.1. The fraction of sp³-hybridized carbons (Fsp3) is 0.263. The van der Waals surface area contributed by atoms with E-state index in [9.17, 15) is 9.18 Å². The van der Waals surface area contributed by atoms with Crippen LogP contribution in [0.15, 0.2) is 47.8 Å². The number of carbonyl (C=O) groups is 1. The molecule has 1 atom stereocenters. The topological polar surface area (TPSA) is 50.2 Å². The van der Waals surface area contributed by atoms with Gasteiger partial charge in [-0.2, -0.15) is 5.10 Å². The molecule has 26 heavy (non-hydrogen) atoms. The van der Waals surface area contributed by atoms with Crippen molar-refractivity contribution in [2.24, 2.45) is 7.05 Å². The monoisotopic (exact) mass is 372 g/mol. The van der Waals surface area contributed by atoms with Crippen LogP contribution in [-0.4, -0.2) is 41.2 Å². The van der Waals surface area contributed by atoms with E-state index in [0.29, 0.717) is 17.9 Å². The Balaban J connectivity index is 1.73. The highest BCUT2D eigenvalue weighted by Crippen LogP contribution is 2.23. The second-order valence-corrected chi connectivity index (χ2v) is 7.23. The van der Waals surface area contributed by atoms with Gasteiger partial charge in [-0.05, 0) is 55.9 Å². The van der Waals surface area contributed by atoms with Crippen molar-refractivity contribution < 1.29 is 9.18 Å². The zero-order valence-electron chi connectivity index (χ0n) is 14.9. The van der Waals surface area contributed by atoms with Crippen LogP contribution in [0.25, 0.3) is 11.3 Å². The van der Waals surface area contributed by atoms with Crippen LogP contribution in [0.3, 0.4) is 0 Å². The number of aromatic nitrogens is 2. The summed E-state index contributed by atoms with van der Waals surface area (Å²) in [5, 5.41) is 9.39. The molecule has 1 amide bonds. The zero-order valence-corrected chi connectivity index (χ0v) is 15.8. The van der Waals surface area contributed by atoms with E-state index in [2.05, 4.69) is 21.4 Å². The van der Waals surface area contributed by atoms with Crippen LogP contribution >= 0.6 is 11.3 Å². The SMILES string of the molecule is CN(C)[C@H](CNC(=O)c1cc(-c2ccc(F)cc2)nn1C)c1cccs1. The first kappa shape index (κ1) is 18.3. The molecule has 1 N–H and O–H groups in total. The minimum absolute atomic E-state index is 0.115. The van der Waals surface area contributed by atoms with E-state index in [-0.39, 0.29) is 17.8 Å². The second-order valence-electron chi connectivity index (χ2n) is 6.25. The van der Waals surface area contributed by atoms with Crippen LogP contribution in [0.2, 0.25) is 0 Å². The Bertz CT molecular complexity index is 872. The van der Waals surface area contributed by atoms with Gasteiger partial charge in [0.25, 0.3) is 5.91 Å². The first-order chi connectivity index (χ1) is 12.5. The summed E-state index contributed by atoms with van der Waals surface area (Å²) in [5.41, 5.74) is 1.87. The van der Waals surface area contributed by atoms with Gasteiger partial charge in [-0.15, -0.1) is 11.3 Å². The van der Waals surface area contributed by atoms with Crippen molar-refractivity contribution in [2.75, 3.05) is 20.6 Å². The number of nitrogens with zero attached hydrogens (tertiary/aromatic N) is 3. The first-order valence-corrected chi connectivity index (χ1v) is 9.11. The van der Waals surface area contributed by atoms with Crippen LogP contribution in [0.5, 0.6) is 0 Å². The van der Waals surface area contributed by atoms with E-state index in [1.165, 1.54) is 17.0 Å². The van der Waals surface area contributed by atoms with Gasteiger partial charge in [-0.1, -0.05) is 6.07 Å². The van der Waals surface area contributed by atoms with Gasteiger partial charge >= 0.3 is 0 Å². The molecule has 1 aromatic carbocycles. The van der Waals surface area contributed by atoms with E-state index >= 15 is 0 Å². The van der Waals surface area contributed by atoms with E-state index in [4.69, 9.17) is 0 Å². The standard InChI is InChI=1S/C19H21FN4OS/c1-23(2)17(18-5-4-10-26-18)12-21-19(25)16-11-15(22-24(16)3)13-6-8-14(20)9-7-13/h4-11,17H,12H2,1-3H3,(H,21,25)/t17-/m1/s1. The highest BCUT2D eigenvalue weighted by atomic mass is 32.1. The molecule has 0 aliphatic rings. The van der Waals surface area contributed by atoms with E-state index in [1.54, 1.807) is 41.3 Å². The van der Waals surface area contributed by atoms with Gasteiger partial charge in [-0.25, -0.2) is 4.39 Å². The summed E-state index contributed by atoms with van der Waals surface area (Å²) in [6, 6.07) is 12.0. The molecule has 0 bridgehead atoms. The maximum atomic E-state index is 13.1. The molecule has 0 spiro atoms. The maximum Gasteiger partial charge on any atom is 0.269 e. The summed E-state index contributed by atoms with van der Waals surface area (Å²) < 4.78 is 14.6. The normalized spacial score (nSPS) is 12.3. The van der Waals surface area contributed by atoms with Crippen LogP contribution in [0, 0.1) is 5.82 Å². The predicted molar refractivity (Wildman–Crippen MR) is 102 cm³/mol. The van der Waals surface area contributed by atoms with Crippen molar-refractivity contribution in [3.8, 4) is 11.3 Å². The first-order valence-electron chi connectivity index (χ1n) is 8.23. The molecule has 136 valence electrons. The van der Waals surface area contributed by atoms with Gasteiger partial charge in [0.1, 0.15) is 11.5 Å². The van der Waals surface area contributed by atoms with Crippen LogP contribution in [-0.2, 0) is 7.05 Å². The molecule has 3 rings (SSSR count). The van der Waals surface area contributed by atoms with Crippen molar-refractivity contribution >= 4 is 17.2 Å². The molecule has 0 saturated carbocycles. The van der Waals surface area contributed by atoms with Gasteiger partial charge in [-0.3, -0.25) is 9.48 Å². The van der Waals surface area contributed by atoms with Gasteiger partial charge in [0.15, 0.2) is 0 Å². The lowest BCUT2D eigenvalue weighted by atomic mass is 10.1. The third kappa shape index (κ3) is 4.00. The summed E-state index contributed by atoms with van der Waals surface area (Å²) >= 11 is 1.67. The van der Waals surface area contributed by atoms with Gasteiger partial charge in [0.2, 0.25) is 0 Å². The smallest absolute Gasteiger partial charge is 0.269 e. The van der Waals surface area contributed by atoms with Crippen molar-refractivity contribution in [1.29, 1.82) is 0 Å². The summed E-state index contributed by atoms with van der Waals surface area (Å²) in [6.07, 6.45) is 0. The fourth-order valence-electron chi connectivity index (χ4n) is 2.74. The highest BCUT2D eigenvalue weighted by molar-refractivity contribution is 7.10. The number of thiophene rings is 1. The lowest BCUT2D eigenvalue weighted by Crippen LogP contribution is -2.34. The van der Waals surface area contributed by atoms with Crippen molar-refractivity contribution in [1.82, 2.24) is 20.0 Å². The minimum atomic E-state index is -0.300. The van der Waals surface area contributed by atoms with Gasteiger partial charge < -0.3 is 10.2 Å². The van der Waals surface area contributed by atoms with Crippen LogP contribution in [0.4, 0.5) is 4.39 Å². The number of likely N-dealkylation sites (N-methyl/N-ethyl adjacent to an activating group) is 1. The Labute approximate surface area is 156 Å². The van der Waals surface area contributed by atoms with Crippen LogP contribution < -0.4 is 5.32 Å². The largest absolute Gasteiger partial charge is 0.349 e. The molecule has 3 aromatic rings. The molecule has 0 aliphatic heterocycles. The van der Waals surface area contributed by atoms with Gasteiger partial charge in [0, 0.05) is 24.0 Å². The van der Waals surface area contributed by atoms with Crippen molar-refractivity contribution in [3.63, 3.8) is 0 Å². The molecule has 7 heteroatoms.